The number of carbonyl (C=O) groups is 4. The number of imide groups is 2. The largest absolute Gasteiger partial charge is 0.497 e. The van der Waals surface area contributed by atoms with Crippen LogP contribution >= 0.6 is 0 Å². The molecule has 0 spiro atoms. The summed E-state index contributed by atoms with van der Waals surface area (Å²) in [6.45, 7) is 1.00. The Labute approximate surface area is 162 Å². The van der Waals surface area contributed by atoms with E-state index in [2.05, 4.69) is 0 Å². The number of ketones is 1. The van der Waals surface area contributed by atoms with Gasteiger partial charge in [0.05, 0.1) is 13.7 Å². The van der Waals surface area contributed by atoms with Crippen LogP contribution in [0.5, 0.6) is 5.75 Å². The van der Waals surface area contributed by atoms with E-state index >= 15 is 0 Å². The van der Waals surface area contributed by atoms with E-state index in [1.165, 1.54) is 27.1 Å². The number of hydrogen-bond donors (Lipinski definition) is 0. The lowest BCUT2D eigenvalue weighted by Crippen LogP contribution is -2.65. The predicted octanol–water partition coefficient (Wildman–Crippen LogP) is 2.26. The second-order valence-electron chi connectivity index (χ2n) is 6.68. The topological polar surface area (TPSA) is 84.0 Å². The number of amides is 4. The van der Waals surface area contributed by atoms with Gasteiger partial charge in [0.25, 0.3) is 5.91 Å². The number of carbonyl (C=O) groups excluding carboxylic acids is 4. The van der Waals surface area contributed by atoms with Crippen LogP contribution in [0.1, 0.15) is 22.8 Å². The number of benzene rings is 2. The Balaban J connectivity index is 1.96. The Morgan fingerprint density at radius 1 is 1.00 bits per heavy atom. The van der Waals surface area contributed by atoms with E-state index in [1.807, 2.05) is 0 Å². The summed E-state index contributed by atoms with van der Waals surface area (Å²) in [7, 11) is 2.79. The van der Waals surface area contributed by atoms with E-state index in [1.54, 1.807) is 48.5 Å². The van der Waals surface area contributed by atoms with Crippen LogP contribution in [0.2, 0.25) is 0 Å². The van der Waals surface area contributed by atoms with Crippen molar-refractivity contribution in [2.75, 3.05) is 20.7 Å². The van der Waals surface area contributed by atoms with Gasteiger partial charge in [0, 0.05) is 12.6 Å². The van der Waals surface area contributed by atoms with Gasteiger partial charge in [-0.25, -0.2) is 4.79 Å². The minimum absolute atomic E-state index is 0.306. The van der Waals surface area contributed by atoms with Gasteiger partial charge in [0.2, 0.25) is 5.91 Å². The zero-order valence-corrected chi connectivity index (χ0v) is 15.8. The zero-order chi connectivity index (χ0) is 20.5. The van der Waals surface area contributed by atoms with Gasteiger partial charge in [-0.3, -0.25) is 24.2 Å². The van der Waals surface area contributed by atoms with Crippen LogP contribution in [-0.4, -0.2) is 54.1 Å². The first-order valence-electron chi connectivity index (χ1n) is 8.67. The fourth-order valence-corrected chi connectivity index (χ4v) is 3.24. The molecule has 0 bridgehead atoms. The van der Waals surface area contributed by atoms with E-state index in [0.29, 0.717) is 16.9 Å². The Morgan fingerprint density at radius 2 is 1.68 bits per heavy atom. The van der Waals surface area contributed by atoms with E-state index in [-0.39, 0.29) is 0 Å². The predicted molar refractivity (Wildman–Crippen MR) is 101 cm³/mol. The van der Waals surface area contributed by atoms with Gasteiger partial charge in [0.15, 0.2) is 11.2 Å². The number of barbiturate groups is 1. The van der Waals surface area contributed by atoms with E-state index in [0.717, 1.165) is 9.80 Å². The molecule has 1 fully saturated rings. The van der Waals surface area contributed by atoms with Gasteiger partial charge in [-0.2, -0.15) is 0 Å². The van der Waals surface area contributed by atoms with Gasteiger partial charge in [-0.15, -0.1) is 0 Å². The van der Waals surface area contributed by atoms with Crippen molar-refractivity contribution >= 4 is 23.6 Å². The van der Waals surface area contributed by atoms with Crippen LogP contribution in [0.4, 0.5) is 4.79 Å². The molecular weight excluding hydrogens is 360 g/mol. The molecule has 1 aliphatic rings. The molecule has 0 radical (unpaired) electrons. The number of likely N-dealkylation sites (N-methyl/N-ethyl adjacent to an activating group) is 1. The normalized spacial score (nSPS) is 19.8. The summed E-state index contributed by atoms with van der Waals surface area (Å²) >= 11 is 0. The van der Waals surface area contributed by atoms with E-state index in [4.69, 9.17) is 4.74 Å². The van der Waals surface area contributed by atoms with Gasteiger partial charge < -0.3 is 4.74 Å². The molecule has 1 heterocycles. The minimum atomic E-state index is -1.58. The number of urea groups is 1. The number of hydrogen-bond acceptors (Lipinski definition) is 5. The number of ether oxygens (including phenoxy) is 1. The molecule has 3 rings (SSSR count). The molecule has 0 aliphatic carbocycles. The molecule has 2 aromatic carbocycles. The molecule has 1 saturated heterocycles. The second kappa shape index (κ2) is 7.26. The summed E-state index contributed by atoms with van der Waals surface area (Å²) in [5.74, 6) is -1.29. The Hall–Kier alpha value is -3.48. The highest BCUT2D eigenvalue weighted by molar-refractivity contribution is 6.23. The third-order valence-corrected chi connectivity index (χ3v) is 4.97. The number of rotatable bonds is 5. The van der Waals surface area contributed by atoms with Crippen molar-refractivity contribution in [3.05, 3.63) is 65.7 Å². The molecule has 4 amide bonds. The fourth-order valence-electron chi connectivity index (χ4n) is 3.24. The summed E-state index contributed by atoms with van der Waals surface area (Å²) in [6, 6.07) is 14.1. The van der Waals surface area contributed by atoms with Crippen molar-refractivity contribution in [3.63, 3.8) is 0 Å². The van der Waals surface area contributed by atoms with Crippen LogP contribution in [0.3, 0.4) is 0 Å². The number of nitrogens with zero attached hydrogens (tertiary/aromatic N) is 2. The minimum Gasteiger partial charge on any atom is -0.497 e. The maximum absolute atomic E-state index is 13.2. The lowest BCUT2D eigenvalue weighted by Gasteiger charge is -2.41. The van der Waals surface area contributed by atoms with Crippen molar-refractivity contribution in [2.24, 2.45) is 0 Å². The van der Waals surface area contributed by atoms with Crippen molar-refractivity contribution in [3.8, 4) is 5.75 Å². The number of Topliss-reactive ketones (excluding diaryl/α,β-unsaturated/α-hetero) is 1. The van der Waals surface area contributed by atoms with Gasteiger partial charge in [-0.05, 0) is 24.6 Å². The average Bonchev–Trinajstić information content (AvgIpc) is 2.74. The molecule has 7 heteroatoms. The number of methoxy groups -OCH3 is 1. The lowest BCUT2D eigenvalue weighted by atomic mass is 9.78. The molecule has 0 N–H and O–H groups in total. The molecule has 1 atom stereocenters. The summed E-state index contributed by atoms with van der Waals surface area (Å²) in [4.78, 5) is 53.0. The fraction of sp³-hybridized carbons (Fsp3) is 0.238. The van der Waals surface area contributed by atoms with Gasteiger partial charge in [0.1, 0.15) is 5.75 Å². The van der Waals surface area contributed by atoms with Gasteiger partial charge in [-0.1, -0.05) is 42.5 Å². The zero-order valence-electron chi connectivity index (χ0n) is 15.8. The van der Waals surface area contributed by atoms with Gasteiger partial charge >= 0.3 is 6.03 Å². The standard InChI is InChI=1S/C21H20N2O5/c1-21(15-9-5-4-6-10-15)18(25)22(2)20(27)23(19(21)26)13-17(24)14-8-7-11-16(12-14)28-3/h4-12H,13H2,1-3H3. The van der Waals surface area contributed by atoms with Crippen LogP contribution in [-0.2, 0) is 15.0 Å². The molecule has 7 nitrogen and oxygen atoms in total. The van der Waals surface area contributed by atoms with Crippen LogP contribution in [0.15, 0.2) is 54.6 Å². The monoisotopic (exact) mass is 380 g/mol. The first kappa shape index (κ1) is 19.3. The van der Waals surface area contributed by atoms with E-state index in [9.17, 15) is 19.2 Å². The highest BCUT2D eigenvalue weighted by Gasteiger charge is 2.54. The summed E-state index contributed by atoms with van der Waals surface area (Å²) in [5.41, 5.74) is -0.817. The molecule has 1 aliphatic heterocycles. The van der Waals surface area contributed by atoms with Crippen molar-refractivity contribution in [1.29, 1.82) is 0 Å². The smallest absolute Gasteiger partial charge is 0.333 e. The van der Waals surface area contributed by atoms with Crippen molar-refractivity contribution < 1.29 is 23.9 Å². The average molecular weight is 380 g/mol. The third kappa shape index (κ3) is 3.05. The van der Waals surface area contributed by atoms with Crippen molar-refractivity contribution in [2.45, 2.75) is 12.3 Å². The summed E-state index contributed by atoms with van der Waals surface area (Å²) < 4.78 is 5.11. The Bertz CT molecular complexity index is 956. The second-order valence-corrected chi connectivity index (χ2v) is 6.68. The maximum atomic E-state index is 13.2. The quantitative estimate of drug-likeness (QED) is 0.587. The Morgan fingerprint density at radius 3 is 2.32 bits per heavy atom. The highest BCUT2D eigenvalue weighted by atomic mass is 16.5. The first-order chi connectivity index (χ1) is 13.3. The first-order valence-corrected chi connectivity index (χ1v) is 8.67. The SMILES string of the molecule is COc1cccc(C(=O)CN2C(=O)N(C)C(=O)C(C)(c3ccccc3)C2=O)c1. The molecule has 2 aromatic rings. The Kier molecular flexibility index (Phi) is 5.00. The van der Waals surface area contributed by atoms with Crippen molar-refractivity contribution in [1.82, 2.24) is 9.80 Å². The lowest BCUT2D eigenvalue weighted by molar-refractivity contribution is -0.150. The molecule has 28 heavy (non-hydrogen) atoms. The maximum Gasteiger partial charge on any atom is 0.333 e. The van der Waals surface area contributed by atoms with Crippen LogP contribution in [0, 0.1) is 0 Å². The van der Waals surface area contributed by atoms with Crippen LogP contribution in [0.25, 0.3) is 0 Å². The molecular formula is C21H20N2O5. The molecule has 1 unspecified atom stereocenters. The summed E-state index contributed by atoms with van der Waals surface area (Å²) in [6.07, 6.45) is 0. The van der Waals surface area contributed by atoms with Crippen LogP contribution < -0.4 is 4.74 Å². The summed E-state index contributed by atoms with van der Waals surface area (Å²) in [5, 5.41) is 0. The highest BCUT2D eigenvalue weighted by Crippen LogP contribution is 2.33. The molecule has 144 valence electrons. The third-order valence-electron chi connectivity index (χ3n) is 4.97. The molecule has 0 saturated carbocycles. The van der Waals surface area contributed by atoms with E-state index < -0.39 is 35.6 Å². The molecule has 0 aromatic heterocycles.